The molecule has 0 aliphatic heterocycles. The molecule has 1 saturated carbocycles. The van der Waals surface area contributed by atoms with Gasteiger partial charge in [0.15, 0.2) is 0 Å². The SMILES string of the molecule is COC(=O)Nc1ccc2c(c1)c1c(n2C)CCC1NC1CC1. The van der Waals surface area contributed by atoms with Crippen molar-refractivity contribution in [1.29, 1.82) is 0 Å². The standard InChI is InChI=1S/C17H21N3O2/c1-20-14-7-5-11(19-17(21)22-2)9-12(14)16-13(6-8-15(16)20)18-10-3-4-10/h5,7,9-10,13,18H,3-4,6,8H2,1-2H3,(H,19,21). The molecule has 0 bridgehead atoms. The van der Waals surface area contributed by atoms with Gasteiger partial charge in [-0.3, -0.25) is 5.32 Å². The van der Waals surface area contributed by atoms with Crippen LogP contribution >= 0.6 is 0 Å². The van der Waals surface area contributed by atoms with Gasteiger partial charge in [0, 0.05) is 41.4 Å². The van der Waals surface area contributed by atoms with Crippen LogP contribution in [-0.4, -0.2) is 23.8 Å². The van der Waals surface area contributed by atoms with Gasteiger partial charge in [-0.05, 0) is 49.4 Å². The van der Waals surface area contributed by atoms with Crippen LogP contribution in [-0.2, 0) is 18.2 Å². The molecular weight excluding hydrogens is 278 g/mol. The number of hydrogen-bond donors (Lipinski definition) is 2. The topological polar surface area (TPSA) is 55.3 Å². The molecule has 1 aromatic carbocycles. The van der Waals surface area contributed by atoms with E-state index in [0.717, 1.165) is 12.1 Å². The Morgan fingerprint density at radius 2 is 2.14 bits per heavy atom. The Bertz CT molecular complexity index is 746. The number of aromatic nitrogens is 1. The van der Waals surface area contributed by atoms with Crippen molar-refractivity contribution < 1.29 is 9.53 Å². The van der Waals surface area contributed by atoms with Crippen molar-refractivity contribution in [3.8, 4) is 0 Å². The molecule has 0 saturated heterocycles. The van der Waals surface area contributed by atoms with E-state index in [-0.39, 0.29) is 0 Å². The minimum Gasteiger partial charge on any atom is -0.453 e. The normalized spacial score (nSPS) is 20.2. The van der Waals surface area contributed by atoms with Crippen LogP contribution in [0.4, 0.5) is 10.5 Å². The number of hydrogen-bond acceptors (Lipinski definition) is 3. The monoisotopic (exact) mass is 299 g/mol. The number of carbonyl (C=O) groups is 1. The quantitative estimate of drug-likeness (QED) is 0.915. The molecule has 0 spiro atoms. The van der Waals surface area contributed by atoms with Crippen LogP contribution in [0, 0.1) is 0 Å². The molecule has 1 aromatic heterocycles. The van der Waals surface area contributed by atoms with E-state index in [1.807, 2.05) is 6.07 Å². The van der Waals surface area contributed by atoms with Crippen molar-refractivity contribution in [1.82, 2.24) is 9.88 Å². The van der Waals surface area contributed by atoms with Crippen molar-refractivity contribution in [2.45, 2.75) is 37.8 Å². The van der Waals surface area contributed by atoms with E-state index in [9.17, 15) is 4.79 Å². The Morgan fingerprint density at radius 3 is 2.86 bits per heavy atom. The highest BCUT2D eigenvalue weighted by Crippen LogP contribution is 2.41. The second kappa shape index (κ2) is 5.02. The van der Waals surface area contributed by atoms with Gasteiger partial charge in [-0.1, -0.05) is 0 Å². The molecule has 1 heterocycles. The lowest BCUT2D eigenvalue weighted by Crippen LogP contribution is -2.21. The lowest BCUT2D eigenvalue weighted by molar-refractivity contribution is 0.187. The summed E-state index contributed by atoms with van der Waals surface area (Å²) in [4.78, 5) is 11.4. The number of nitrogens with zero attached hydrogens (tertiary/aromatic N) is 1. The van der Waals surface area contributed by atoms with E-state index in [1.165, 1.54) is 48.5 Å². The van der Waals surface area contributed by atoms with E-state index in [2.05, 4.69) is 39.1 Å². The predicted octanol–water partition coefficient (Wildman–Crippen LogP) is 3.10. The highest BCUT2D eigenvalue weighted by Gasteiger charge is 2.33. The summed E-state index contributed by atoms with van der Waals surface area (Å²) in [6.45, 7) is 0. The molecule has 1 atom stereocenters. The van der Waals surface area contributed by atoms with Gasteiger partial charge >= 0.3 is 6.09 Å². The molecule has 116 valence electrons. The van der Waals surface area contributed by atoms with Gasteiger partial charge in [-0.25, -0.2) is 4.79 Å². The first-order chi connectivity index (χ1) is 10.7. The first kappa shape index (κ1) is 13.6. The first-order valence-corrected chi connectivity index (χ1v) is 7.89. The van der Waals surface area contributed by atoms with Crippen LogP contribution in [0.1, 0.15) is 36.6 Å². The summed E-state index contributed by atoms with van der Waals surface area (Å²) < 4.78 is 6.97. The highest BCUT2D eigenvalue weighted by molar-refractivity contribution is 5.93. The van der Waals surface area contributed by atoms with Gasteiger partial charge in [0.2, 0.25) is 0 Å². The average Bonchev–Trinajstić information content (AvgIpc) is 3.17. The van der Waals surface area contributed by atoms with E-state index in [0.29, 0.717) is 12.1 Å². The summed E-state index contributed by atoms with van der Waals surface area (Å²) in [6, 6.07) is 7.21. The van der Waals surface area contributed by atoms with Crippen LogP contribution in [0.5, 0.6) is 0 Å². The Balaban J connectivity index is 1.76. The summed E-state index contributed by atoms with van der Waals surface area (Å²) >= 11 is 0. The second-order valence-electron chi connectivity index (χ2n) is 6.30. The maximum absolute atomic E-state index is 11.4. The Kier molecular flexibility index (Phi) is 3.11. The maximum Gasteiger partial charge on any atom is 0.411 e. The molecule has 1 amide bonds. The molecule has 22 heavy (non-hydrogen) atoms. The molecule has 0 radical (unpaired) electrons. The fraction of sp³-hybridized carbons (Fsp3) is 0.471. The molecule has 2 aromatic rings. The van der Waals surface area contributed by atoms with Gasteiger partial charge < -0.3 is 14.6 Å². The minimum absolute atomic E-state index is 0.431. The average molecular weight is 299 g/mol. The van der Waals surface area contributed by atoms with E-state index in [4.69, 9.17) is 0 Å². The molecule has 1 fully saturated rings. The third kappa shape index (κ3) is 2.16. The predicted molar refractivity (Wildman–Crippen MR) is 86.2 cm³/mol. The third-order valence-corrected chi connectivity index (χ3v) is 4.83. The molecule has 1 unspecified atom stereocenters. The van der Waals surface area contributed by atoms with Crippen LogP contribution in [0.3, 0.4) is 0 Å². The number of rotatable bonds is 3. The molecule has 4 rings (SSSR count). The van der Waals surface area contributed by atoms with Crippen molar-refractivity contribution in [3.63, 3.8) is 0 Å². The van der Waals surface area contributed by atoms with Crippen molar-refractivity contribution in [2.75, 3.05) is 12.4 Å². The molecule has 2 aliphatic carbocycles. The summed E-state index contributed by atoms with van der Waals surface area (Å²) in [5, 5.41) is 7.76. The van der Waals surface area contributed by atoms with Gasteiger partial charge in [-0.15, -0.1) is 0 Å². The lowest BCUT2D eigenvalue weighted by atomic mass is 10.1. The fourth-order valence-electron chi connectivity index (χ4n) is 3.59. The molecule has 5 nitrogen and oxygen atoms in total. The van der Waals surface area contributed by atoms with Gasteiger partial charge in [0.05, 0.1) is 7.11 Å². The second-order valence-corrected chi connectivity index (χ2v) is 6.30. The van der Waals surface area contributed by atoms with Crippen molar-refractivity contribution >= 4 is 22.7 Å². The first-order valence-electron chi connectivity index (χ1n) is 7.89. The summed E-state index contributed by atoms with van der Waals surface area (Å²) in [5.41, 5.74) is 4.84. The summed E-state index contributed by atoms with van der Waals surface area (Å²) in [7, 11) is 3.51. The zero-order valence-electron chi connectivity index (χ0n) is 13.0. The summed E-state index contributed by atoms with van der Waals surface area (Å²) in [6.07, 6.45) is 4.45. The van der Waals surface area contributed by atoms with Gasteiger partial charge in [0.25, 0.3) is 0 Å². The highest BCUT2D eigenvalue weighted by atomic mass is 16.5. The number of anilines is 1. The van der Waals surface area contributed by atoms with Gasteiger partial charge in [-0.2, -0.15) is 0 Å². The van der Waals surface area contributed by atoms with E-state index < -0.39 is 6.09 Å². The smallest absolute Gasteiger partial charge is 0.411 e. The van der Waals surface area contributed by atoms with E-state index >= 15 is 0 Å². The maximum atomic E-state index is 11.4. The molecule has 2 aliphatic rings. The largest absolute Gasteiger partial charge is 0.453 e. The van der Waals surface area contributed by atoms with Crippen LogP contribution in [0.15, 0.2) is 18.2 Å². The number of benzene rings is 1. The molecule has 5 heteroatoms. The zero-order valence-corrected chi connectivity index (χ0v) is 13.0. The summed E-state index contributed by atoms with van der Waals surface area (Å²) in [5.74, 6) is 0. The zero-order chi connectivity index (χ0) is 15.3. The van der Waals surface area contributed by atoms with Crippen molar-refractivity contribution in [2.24, 2.45) is 7.05 Å². The number of methoxy groups -OCH3 is 1. The fourth-order valence-corrected chi connectivity index (χ4v) is 3.59. The van der Waals surface area contributed by atoms with Crippen LogP contribution < -0.4 is 10.6 Å². The molecular formula is C17H21N3O2. The number of carbonyl (C=O) groups excluding carboxylic acids is 1. The third-order valence-electron chi connectivity index (χ3n) is 4.83. The molecule has 2 N–H and O–H groups in total. The number of fused-ring (bicyclic) bond motifs is 3. The number of aryl methyl sites for hydroxylation is 1. The van der Waals surface area contributed by atoms with Crippen LogP contribution in [0.2, 0.25) is 0 Å². The Hall–Kier alpha value is -2.01. The Labute approximate surface area is 129 Å². The van der Waals surface area contributed by atoms with Gasteiger partial charge in [0.1, 0.15) is 0 Å². The van der Waals surface area contributed by atoms with Crippen LogP contribution in [0.25, 0.3) is 10.9 Å². The number of nitrogens with one attached hydrogen (secondary N) is 2. The number of amides is 1. The number of ether oxygens (including phenoxy) is 1. The minimum atomic E-state index is -0.431. The Morgan fingerprint density at radius 1 is 1.32 bits per heavy atom. The van der Waals surface area contributed by atoms with E-state index in [1.54, 1.807) is 0 Å². The lowest BCUT2D eigenvalue weighted by Gasteiger charge is -2.13. The van der Waals surface area contributed by atoms with Crippen molar-refractivity contribution in [3.05, 3.63) is 29.5 Å².